The minimum Gasteiger partial charge on any atom is -0.447 e. The molecule has 0 aliphatic rings. The van der Waals surface area contributed by atoms with Crippen molar-refractivity contribution in [1.82, 2.24) is 10.6 Å². The fourth-order valence-corrected chi connectivity index (χ4v) is 3.89. The molecule has 0 saturated carbocycles. The number of hydrogen-bond acceptors (Lipinski definition) is 6. The summed E-state index contributed by atoms with van der Waals surface area (Å²) in [6.07, 6.45) is 25.1. The summed E-state index contributed by atoms with van der Waals surface area (Å²) in [6.45, 7) is 6.26. The summed E-state index contributed by atoms with van der Waals surface area (Å²) >= 11 is 0. The Morgan fingerprint density at radius 2 is 1.29 bits per heavy atom. The highest BCUT2D eigenvalue weighted by molar-refractivity contribution is 5.69. The first kappa shape index (κ1) is 33.0. The third kappa shape index (κ3) is 25.7. The van der Waals surface area contributed by atoms with Crippen molar-refractivity contribution in [2.75, 3.05) is 32.7 Å². The molecule has 0 heterocycles. The van der Waals surface area contributed by atoms with Crippen molar-refractivity contribution in [3.63, 3.8) is 0 Å². The van der Waals surface area contributed by atoms with Crippen LogP contribution in [-0.2, 0) is 9.53 Å². The SMILES string of the molecule is CCCCCCCC/C=C\CCCCCCCC(=O)OC(CCCNCCCN)NCCCN. The van der Waals surface area contributed by atoms with Gasteiger partial charge in [0.2, 0.25) is 0 Å². The van der Waals surface area contributed by atoms with E-state index in [2.05, 4.69) is 29.7 Å². The van der Waals surface area contributed by atoms with Crippen molar-refractivity contribution in [3.8, 4) is 0 Å². The van der Waals surface area contributed by atoms with Crippen LogP contribution < -0.4 is 22.1 Å². The summed E-state index contributed by atoms with van der Waals surface area (Å²) in [5.41, 5.74) is 11.1. The molecular weight excluding hydrogens is 424 g/mol. The van der Waals surface area contributed by atoms with Crippen molar-refractivity contribution >= 4 is 5.97 Å². The maximum atomic E-state index is 12.3. The molecule has 0 aliphatic carbocycles. The van der Waals surface area contributed by atoms with Crippen LogP contribution in [0.3, 0.4) is 0 Å². The van der Waals surface area contributed by atoms with E-state index in [0.29, 0.717) is 19.5 Å². The van der Waals surface area contributed by atoms with Crippen molar-refractivity contribution in [3.05, 3.63) is 12.2 Å². The molecule has 34 heavy (non-hydrogen) atoms. The highest BCUT2D eigenvalue weighted by Crippen LogP contribution is 2.11. The second kappa shape index (κ2) is 28.3. The minimum absolute atomic E-state index is 0.0843. The van der Waals surface area contributed by atoms with Gasteiger partial charge in [0.15, 0.2) is 6.23 Å². The van der Waals surface area contributed by atoms with Crippen molar-refractivity contribution in [2.24, 2.45) is 11.5 Å². The zero-order chi connectivity index (χ0) is 25.0. The number of nitrogens with one attached hydrogen (secondary N) is 2. The molecule has 0 aromatic rings. The Bertz CT molecular complexity index is 446. The van der Waals surface area contributed by atoms with E-state index < -0.39 is 0 Å². The van der Waals surface area contributed by atoms with Crippen molar-refractivity contribution in [2.45, 2.75) is 129 Å². The van der Waals surface area contributed by atoms with Gasteiger partial charge in [-0.3, -0.25) is 10.1 Å². The molecule has 0 spiro atoms. The molecule has 0 fully saturated rings. The first-order chi connectivity index (χ1) is 16.7. The molecule has 0 radical (unpaired) electrons. The molecule has 6 N–H and O–H groups in total. The molecule has 0 aromatic heterocycles. The van der Waals surface area contributed by atoms with Crippen LogP contribution in [-0.4, -0.2) is 44.9 Å². The molecule has 0 aromatic carbocycles. The summed E-state index contributed by atoms with van der Waals surface area (Å²) < 4.78 is 5.70. The van der Waals surface area contributed by atoms with E-state index in [4.69, 9.17) is 16.2 Å². The number of carbonyl (C=O) groups is 1. The van der Waals surface area contributed by atoms with Gasteiger partial charge in [-0.05, 0) is 90.5 Å². The van der Waals surface area contributed by atoms with Crippen LogP contribution in [0, 0.1) is 0 Å². The maximum absolute atomic E-state index is 12.3. The van der Waals surface area contributed by atoms with Gasteiger partial charge < -0.3 is 21.5 Å². The monoisotopic (exact) mass is 482 g/mol. The van der Waals surface area contributed by atoms with E-state index in [9.17, 15) is 4.79 Å². The number of esters is 1. The Balaban J connectivity index is 3.70. The maximum Gasteiger partial charge on any atom is 0.307 e. The number of hydrogen-bond donors (Lipinski definition) is 4. The number of allylic oxidation sites excluding steroid dienone is 2. The predicted octanol–water partition coefficient (Wildman–Crippen LogP) is 5.55. The molecule has 1 atom stereocenters. The predicted molar refractivity (Wildman–Crippen MR) is 147 cm³/mol. The normalized spacial score (nSPS) is 12.4. The molecule has 6 heteroatoms. The topological polar surface area (TPSA) is 102 Å². The second-order valence-electron chi connectivity index (χ2n) is 9.44. The molecule has 0 amide bonds. The van der Waals surface area contributed by atoms with Gasteiger partial charge in [0.05, 0.1) is 0 Å². The Kier molecular flexibility index (Phi) is 27.5. The van der Waals surface area contributed by atoms with Crippen LogP contribution in [0.4, 0.5) is 0 Å². The molecular formula is C28H58N4O2. The van der Waals surface area contributed by atoms with E-state index >= 15 is 0 Å². The minimum atomic E-state index is -0.210. The number of ether oxygens (including phenoxy) is 1. The lowest BCUT2D eigenvalue weighted by molar-refractivity contribution is -0.151. The van der Waals surface area contributed by atoms with Gasteiger partial charge in [-0.1, -0.05) is 70.4 Å². The molecule has 202 valence electrons. The van der Waals surface area contributed by atoms with Crippen molar-refractivity contribution < 1.29 is 9.53 Å². The smallest absolute Gasteiger partial charge is 0.307 e. The van der Waals surface area contributed by atoms with E-state index in [-0.39, 0.29) is 12.2 Å². The Labute approximate surface area is 211 Å². The van der Waals surface area contributed by atoms with Gasteiger partial charge in [0, 0.05) is 6.42 Å². The van der Waals surface area contributed by atoms with Crippen LogP contribution in [0.25, 0.3) is 0 Å². The fraction of sp³-hybridized carbons (Fsp3) is 0.893. The molecule has 0 rings (SSSR count). The molecule has 0 aliphatic heterocycles. The van der Waals surface area contributed by atoms with Crippen LogP contribution in [0.1, 0.15) is 122 Å². The number of unbranched alkanes of at least 4 members (excludes halogenated alkanes) is 11. The van der Waals surface area contributed by atoms with Gasteiger partial charge >= 0.3 is 5.97 Å². The lowest BCUT2D eigenvalue weighted by Gasteiger charge is -2.19. The first-order valence-corrected chi connectivity index (χ1v) is 14.4. The van der Waals surface area contributed by atoms with E-state index in [0.717, 1.165) is 58.2 Å². The van der Waals surface area contributed by atoms with E-state index in [1.54, 1.807) is 0 Å². The molecule has 0 saturated heterocycles. The van der Waals surface area contributed by atoms with Crippen LogP contribution in [0.2, 0.25) is 0 Å². The summed E-state index contributed by atoms with van der Waals surface area (Å²) in [7, 11) is 0. The standard InChI is InChI=1S/C28H58N4O2/c1-2-3-4-5-6-7-8-9-10-11-12-13-14-15-16-21-28(33)34-27(32-26-19-23-30)20-17-24-31-25-18-22-29/h9-10,27,31-32H,2-8,11-26,29-30H2,1H3/b10-9-. The fourth-order valence-electron chi connectivity index (χ4n) is 3.89. The Hall–Kier alpha value is -0.950. The zero-order valence-corrected chi connectivity index (χ0v) is 22.5. The first-order valence-electron chi connectivity index (χ1n) is 14.4. The highest BCUT2D eigenvalue weighted by atomic mass is 16.6. The third-order valence-corrected chi connectivity index (χ3v) is 6.05. The lowest BCUT2D eigenvalue weighted by atomic mass is 10.1. The summed E-state index contributed by atoms with van der Waals surface area (Å²) in [5.74, 6) is -0.0843. The quantitative estimate of drug-likeness (QED) is 0.0530. The Morgan fingerprint density at radius 1 is 0.735 bits per heavy atom. The highest BCUT2D eigenvalue weighted by Gasteiger charge is 2.13. The van der Waals surface area contributed by atoms with Gasteiger partial charge in [-0.25, -0.2) is 0 Å². The average molecular weight is 483 g/mol. The lowest BCUT2D eigenvalue weighted by Crippen LogP contribution is -2.36. The number of rotatable bonds is 27. The molecule has 6 nitrogen and oxygen atoms in total. The van der Waals surface area contributed by atoms with Gasteiger partial charge in [-0.15, -0.1) is 0 Å². The number of nitrogens with two attached hydrogens (primary N) is 2. The zero-order valence-electron chi connectivity index (χ0n) is 22.5. The van der Waals surface area contributed by atoms with Gasteiger partial charge in [0.1, 0.15) is 0 Å². The summed E-state index contributed by atoms with van der Waals surface area (Å²) in [6, 6.07) is 0. The summed E-state index contributed by atoms with van der Waals surface area (Å²) in [4.78, 5) is 12.3. The van der Waals surface area contributed by atoms with E-state index in [1.165, 1.54) is 70.6 Å². The second-order valence-corrected chi connectivity index (χ2v) is 9.44. The Morgan fingerprint density at radius 3 is 1.94 bits per heavy atom. The largest absolute Gasteiger partial charge is 0.447 e. The van der Waals surface area contributed by atoms with Crippen molar-refractivity contribution in [1.29, 1.82) is 0 Å². The molecule has 1 unspecified atom stereocenters. The number of carbonyl (C=O) groups excluding carboxylic acids is 1. The van der Waals surface area contributed by atoms with Crippen LogP contribution in [0.5, 0.6) is 0 Å². The average Bonchev–Trinajstić information content (AvgIpc) is 2.83. The van der Waals surface area contributed by atoms with Gasteiger partial charge in [0.25, 0.3) is 0 Å². The summed E-state index contributed by atoms with van der Waals surface area (Å²) in [5, 5.41) is 6.70. The third-order valence-electron chi connectivity index (χ3n) is 6.05. The van der Waals surface area contributed by atoms with Crippen LogP contribution in [0.15, 0.2) is 12.2 Å². The van der Waals surface area contributed by atoms with Gasteiger partial charge in [-0.2, -0.15) is 0 Å². The van der Waals surface area contributed by atoms with Crippen LogP contribution >= 0.6 is 0 Å². The molecule has 0 bridgehead atoms. The van der Waals surface area contributed by atoms with E-state index in [1.807, 2.05) is 0 Å².